The van der Waals surface area contributed by atoms with E-state index in [1.165, 1.54) is 0 Å². The van der Waals surface area contributed by atoms with E-state index in [2.05, 4.69) is 46.4 Å². The summed E-state index contributed by atoms with van der Waals surface area (Å²) in [6, 6.07) is 37.3. The molecule has 0 bridgehead atoms. The van der Waals surface area contributed by atoms with Gasteiger partial charge in [0.2, 0.25) is 0 Å². The molecule has 0 radical (unpaired) electrons. The second-order valence-corrected chi connectivity index (χ2v) is 13.1. The minimum atomic E-state index is -0.648. The molecule has 1 amide bonds. The lowest BCUT2D eigenvalue weighted by molar-refractivity contribution is -0.276. The van der Waals surface area contributed by atoms with Crippen LogP contribution in [0, 0.1) is 5.92 Å². The predicted octanol–water partition coefficient (Wildman–Crippen LogP) is 7.02. The van der Waals surface area contributed by atoms with Crippen LogP contribution in [0.15, 0.2) is 128 Å². The molecule has 0 saturated carbocycles. The van der Waals surface area contributed by atoms with Crippen molar-refractivity contribution in [3.8, 4) is 11.1 Å². The molecular weight excluding hydrogens is 626 g/mol. The van der Waals surface area contributed by atoms with Crippen molar-refractivity contribution < 1.29 is 24.5 Å². The van der Waals surface area contributed by atoms with Crippen LogP contribution in [0.1, 0.15) is 70.5 Å². The van der Waals surface area contributed by atoms with Crippen molar-refractivity contribution in [1.82, 2.24) is 15.2 Å². The molecule has 1 aliphatic heterocycles. The molecule has 1 fully saturated rings. The highest BCUT2D eigenvalue weighted by molar-refractivity contribution is 5.93. The third-order valence-electron chi connectivity index (χ3n) is 9.68. The second kappa shape index (κ2) is 16.3. The summed E-state index contributed by atoms with van der Waals surface area (Å²) in [5.74, 6) is -0.174. The molecule has 6 atom stereocenters. The third kappa shape index (κ3) is 8.35. The number of hydrogen-bond acceptors (Lipinski definition) is 7. The number of hydrogen-bond donors (Lipinski definition) is 3. The van der Waals surface area contributed by atoms with E-state index in [9.17, 15) is 15.0 Å². The van der Waals surface area contributed by atoms with Gasteiger partial charge in [0.25, 0.3) is 5.91 Å². The number of carbonyl (C=O) groups is 1. The van der Waals surface area contributed by atoms with Gasteiger partial charge in [-0.1, -0.05) is 97.9 Å². The minimum Gasteiger partial charge on any atom is -0.392 e. The lowest BCUT2D eigenvalue weighted by Gasteiger charge is -2.43. The molecule has 0 unspecified atom stereocenters. The highest BCUT2D eigenvalue weighted by Crippen LogP contribution is 2.42. The standard InChI is InChI=1S/C42H45N3O5/c1-28-38(26-45(3)29(2)39(47)32-11-5-4-6-12-32)49-42(50-40(28)33-19-17-30(27-46)18-20-33)36-15-8-14-35(23-36)34-13-7-10-31(22-34)24-44-41(48)37-16-9-21-43-25-37/h4-23,25,28-29,38-40,42,46-47H,24,26-27H2,1-3H3,(H,44,48)/t28-,29-,38+,39-,40+,42+/m0/s1. The Hall–Kier alpha value is -4.70. The van der Waals surface area contributed by atoms with E-state index in [4.69, 9.17) is 9.47 Å². The summed E-state index contributed by atoms with van der Waals surface area (Å²) >= 11 is 0. The Morgan fingerprint density at radius 2 is 1.60 bits per heavy atom. The van der Waals surface area contributed by atoms with Crippen LogP contribution in [0.5, 0.6) is 0 Å². The summed E-state index contributed by atoms with van der Waals surface area (Å²) in [6.45, 7) is 5.13. The van der Waals surface area contributed by atoms with Gasteiger partial charge in [-0.05, 0) is 71.6 Å². The fraction of sp³-hybridized carbons (Fsp3) is 0.286. The smallest absolute Gasteiger partial charge is 0.253 e. The zero-order valence-corrected chi connectivity index (χ0v) is 28.7. The minimum absolute atomic E-state index is 0.00325. The Kier molecular flexibility index (Phi) is 11.5. The molecule has 8 heteroatoms. The molecule has 258 valence electrons. The Morgan fingerprint density at radius 1 is 0.860 bits per heavy atom. The van der Waals surface area contributed by atoms with Gasteiger partial charge in [0, 0.05) is 43.0 Å². The quantitative estimate of drug-likeness (QED) is 0.131. The van der Waals surface area contributed by atoms with Crippen molar-refractivity contribution in [2.75, 3.05) is 13.6 Å². The molecule has 2 heterocycles. The lowest BCUT2D eigenvalue weighted by atomic mass is 9.89. The summed E-state index contributed by atoms with van der Waals surface area (Å²) in [4.78, 5) is 18.8. The van der Waals surface area contributed by atoms with E-state index in [-0.39, 0.29) is 36.7 Å². The van der Waals surface area contributed by atoms with Gasteiger partial charge in [-0.2, -0.15) is 0 Å². The van der Waals surface area contributed by atoms with Crippen LogP contribution in [0.4, 0.5) is 0 Å². The summed E-state index contributed by atoms with van der Waals surface area (Å²) < 4.78 is 13.5. The summed E-state index contributed by atoms with van der Waals surface area (Å²) in [5.41, 5.74) is 7.15. The Labute approximate surface area is 294 Å². The first-order valence-corrected chi connectivity index (χ1v) is 17.1. The molecule has 0 spiro atoms. The van der Waals surface area contributed by atoms with Gasteiger partial charge in [-0.3, -0.25) is 14.7 Å². The van der Waals surface area contributed by atoms with Crippen molar-refractivity contribution in [2.24, 2.45) is 5.92 Å². The number of ether oxygens (including phenoxy) is 2. The van der Waals surface area contributed by atoms with Crippen LogP contribution < -0.4 is 5.32 Å². The molecule has 0 aliphatic carbocycles. The largest absolute Gasteiger partial charge is 0.392 e. The molecule has 1 aliphatic rings. The van der Waals surface area contributed by atoms with Crippen LogP contribution >= 0.6 is 0 Å². The normalized spacial score (nSPS) is 20.3. The highest BCUT2D eigenvalue weighted by Gasteiger charge is 2.39. The first-order chi connectivity index (χ1) is 24.3. The van der Waals surface area contributed by atoms with Gasteiger partial charge >= 0.3 is 0 Å². The summed E-state index contributed by atoms with van der Waals surface area (Å²) in [7, 11) is 2.02. The zero-order valence-electron chi connectivity index (χ0n) is 28.7. The van der Waals surface area contributed by atoms with E-state index in [0.717, 1.165) is 38.9 Å². The predicted molar refractivity (Wildman–Crippen MR) is 194 cm³/mol. The SMILES string of the molecule is C[C@H]1[C@@H](CN(C)[C@@H](C)[C@H](O)c2ccccc2)O[C@@H](c2cccc(-c3cccc(CNC(=O)c4cccnc4)c3)c2)O[C@H]1c1ccc(CO)cc1. The van der Waals surface area contributed by atoms with Crippen molar-refractivity contribution >= 4 is 5.91 Å². The van der Waals surface area contributed by atoms with Gasteiger partial charge in [-0.15, -0.1) is 0 Å². The summed E-state index contributed by atoms with van der Waals surface area (Å²) in [6.07, 6.45) is 1.45. The number of nitrogens with zero attached hydrogens (tertiary/aromatic N) is 2. The number of aliphatic hydroxyl groups excluding tert-OH is 2. The number of pyridine rings is 1. The van der Waals surface area contributed by atoms with E-state index in [1.807, 2.05) is 92.8 Å². The molecule has 6 rings (SSSR count). The number of carbonyl (C=O) groups excluding carboxylic acids is 1. The number of rotatable bonds is 12. The lowest BCUT2D eigenvalue weighted by Crippen LogP contribution is -2.46. The first-order valence-electron chi connectivity index (χ1n) is 17.1. The van der Waals surface area contributed by atoms with Crippen LogP contribution in [0.3, 0.4) is 0 Å². The van der Waals surface area contributed by atoms with Gasteiger partial charge in [0.15, 0.2) is 6.29 Å². The number of aliphatic hydroxyl groups is 2. The first kappa shape index (κ1) is 35.1. The van der Waals surface area contributed by atoms with E-state index in [1.54, 1.807) is 24.5 Å². The molecule has 3 N–H and O–H groups in total. The fourth-order valence-electron chi connectivity index (χ4n) is 6.46. The molecule has 1 aromatic heterocycles. The Bertz CT molecular complexity index is 1840. The number of aromatic nitrogens is 1. The van der Waals surface area contributed by atoms with Gasteiger partial charge in [-0.25, -0.2) is 0 Å². The number of nitrogens with one attached hydrogen (secondary N) is 1. The van der Waals surface area contributed by atoms with E-state index < -0.39 is 12.4 Å². The maximum absolute atomic E-state index is 12.6. The van der Waals surface area contributed by atoms with Gasteiger partial charge in [0.05, 0.1) is 30.5 Å². The highest BCUT2D eigenvalue weighted by atomic mass is 16.7. The molecule has 1 saturated heterocycles. The van der Waals surface area contributed by atoms with Crippen molar-refractivity contribution in [2.45, 2.75) is 57.6 Å². The van der Waals surface area contributed by atoms with Crippen molar-refractivity contribution in [3.05, 3.63) is 161 Å². The third-order valence-corrected chi connectivity index (χ3v) is 9.68. The molecule has 50 heavy (non-hydrogen) atoms. The van der Waals surface area contributed by atoms with Crippen LogP contribution in [0.2, 0.25) is 0 Å². The summed E-state index contributed by atoms with van der Waals surface area (Å²) in [5, 5.41) is 23.8. The second-order valence-electron chi connectivity index (χ2n) is 13.1. The maximum Gasteiger partial charge on any atom is 0.253 e. The molecule has 4 aromatic carbocycles. The average Bonchev–Trinajstić information content (AvgIpc) is 3.18. The Balaban J connectivity index is 1.22. The molecule has 5 aromatic rings. The van der Waals surface area contributed by atoms with Crippen molar-refractivity contribution in [3.63, 3.8) is 0 Å². The zero-order chi connectivity index (χ0) is 35.0. The van der Waals surface area contributed by atoms with E-state index >= 15 is 0 Å². The fourth-order valence-corrected chi connectivity index (χ4v) is 6.46. The average molecular weight is 672 g/mol. The Morgan fingerprint density at radius 3 is 2.32 bits per heavy atom. The molecule has 8 nitrogen and oxygen atoms in total. The topological polar surface area (TPSA) is 104 Å². The van der Waals surface area contributed by atoms with Crippen LogP contribution in [0.25, 0.3) is 11.1 Å². The number of benzene rings is 4. The molecular formula is C42H45N3O5. The van der Waals surface area contributed by atoms with E-state index in [0.29, 0.717) is 18.7 Å². The van der Waals surface area contributed by atoms with Crippen LogP contribution in [-0.4, -0.2) is 51.7 Å². The van der Waals surface area contributed by atoms with Crippen LogP contribution in [-0.2, 0) is 22.6 Å². The van der Waals surface area contributed by atoms with Crippen molar-refractivity contribution in [1.29, 1.82) is 0 Å². The van der Waals surface area contributed by atoms with Gasteiger partial charge < -0.3 is 25.0 Å². The monoisotopic (exact) mass is 671 g/mol. The number of amides is 1. The van der Waals surface area contributed by atoms with Gasteiger partial charge in [0.1, 0.15) is 0 Å². The number of likely N-dealkylation sites (N-methyl/N-ethyl adjacent to an activating group) is 1. The maximum atomic E-state index is 12.6.